The zero-order valence-corrected chi connectivity index (χ0v) is 49.1. The molecule has 8 atom stereocenters. The number of carboxylic acids is 2. The van der Waals surface area contributed by atoms with E-state index in [1.54, 1.807) is 20.1 Å². The van der Waals surface area contributed by atoms with Crippen LogP contribution in [0.1, 0.15) is 70.1 Å². The lowest BCUT2D eigenvalue weighted by Crippen LogP contribution is -2.59. The highest BCUT2D eigenvalue weighted by Crippen LogP contribution is 2.16. The van der Waals surface area contributed by atoms with E-state index in [2.05, 4.69) is 52.8 Å². The van der Waals surface area contributed by atoms with Crippen LogP contribution >= 0.6 is 11.8 Å². The van der Waals surface area contributed by atoms with E-state index >= 15 is 0 Å². The average molecular weight is 1220 g/mol. The van der Waals surface area contributed by atoms with Crippen molar-refractivity contribution in [1.82, 2.24) is 47.9 Å². The van der Waals surface area contributed by atoms with Crippen molar-refractivity contribution < 1.29 is 78.3 Å². The van der Waals surface area contributed by atoms with E-state index in [1.165, 1.54) is 98.4 Å². The molecule has 20 N–H and O–H groups in total. The summed E-state index contributed by atoms with van der Waals surface area (Å²) in [4.78, 5) is 151. The number of hydrogen-bond donors (Lipinski definition) is 17. The number of rotatable bonds is 36. The maximum Gasteiger partial charge on any atom is 0.326 e. The highest BCUT2D eigenvalue weighted by atomic mass is 32.2. The lowest BCUT2D eigenvalue weighted by Gasteiger charge is -2.26. The van der Waals surface area contributed by atoms with Gasteiger partial charge in [-0.3, -0.25) is 52.9 Å². The van der Waals surface area contributed by atoms with Gasteiger partial charge in [0.05, 0.1) is 25.6 Å². The average Bonchev–Trinajstić information content (AvgIpc) is 2.76. The molecule has 29 nitrogen and oxygen atoms in total. The van der Waals surface area contributed by atoms with Gasteiger partial charge in [-0.2, -0.15) is 11.8 Å². The van der Waals surface area contributed by atoms with Crippen molar-refractivity contribution in [2.75, 3.05) is 31.6 Å². The fourth-order valence-electron chi connectivity index (χ4n) is 8.21. The summed E-state index contributed by atoms with van der Waals surface area (Å²) >= 11 is 1.28. The molecule has 0 radical (unpaired) electrons. The maximum atomic E-state index is 14.6. The van der Waals surface area contributed by atoms with E-state index in [0.717, 1.165) is 0 Å². The fourth-order valence-corrected chi connectivity index (χ4v) is 8.68. The molecule has 3 aromatic rings. The second-order valence-electron chi connectivity index (χ2n) is 20.7. The van der Waals surface area contributed by atoms with Crippen LogP contribution in [0.3, 0.4) is 0 Å². The first kappa shape index (κ1) is 71.1. The van der Waals surface area contributed by atoms with E-state index in [4.69, 9.17) is 17.2 Å². The second-order valence-corrected chi connectivity index (χ2v) is 21.7. The molecule has 0 unspecified atom stereocenters. The minimum absolute atomic E-state index is 0.0528. The van der Waals surface area contributed by atoms with Crippen LogP contribution in [0.5, 0.6) is 17.2 Å². The topological polar surface area (TPSA) is 488 Å². The smallest absolute Gasteiger partial charge is 0.326 e. The van der Waals surface area contributed by atoms with E-state index < -0.39 is 145 Å². The van der Waals surface area contributed by atoms with E-state index in [1.807, 2.05) is 0 Å². The molecular weight excluding hydrogens is 1140 g/mol. The molecule has 0 aliphatic rings. The number of carboxylic acid groups (broad SMARTS) is 2. The highest BCUT2D eigenvalue weighted by Gasteiger charge is 2.35. The van der Waals surface area contributed by atoms with Gasteiger partial charge in [0, 0.05) is 25.8 Å². The van der Waals surface area contributed by atoms with Crippen LogP contribution in [-0.2, 0) is 72.0 Å². The number of thioether (sulfide) groups is 1. The van der Waals surface area contributed by atoms with Crippen LogP contribution in [0.4, 0.5) is 0 Å². The molecule has 0 aliphatic carbocycles. The van der Waals surface area contributed by atoms with Gasteiger partial charge in [0.15, 0.2) is 5.96 Å². The number of phenolic OH excluding ortho intramolecular Hbond substituents is 3. The number of hydrogen-bond acceptors (Lipinski definition) is 17. The van der Waals surface area contributed by atoms with Gasteiger partial charge >= 0.3 is 11.9 Å². The SMILES string of the molecule is CSCC[C@H](NC(=O)CNC(=O)[C@H](Cc1ccc(O)cc1)NC(=O)[C@H](Cc1ccc(O)cc1)NC(=O)[C@H](Cc1ccc(O)cc1)NC(=O)CNC(=O)[C@@H](NC(=O)[C@@H](N)CCCN=C(N)N)C(C)C)C(=O)N[C@@H](CC(=O)O)C(=O)N[C@H](C(=O)O)C(C)C. The van der Waals surface area contributed by atoms with Crippen molar-refractivity contribution in [3.63, 3.8) is 0 Å². The molecule has 9 amide bonds. The normalized spacial score (nSPS) is 13.8. The number of nitrogens with two attached hydrogens (primary N) is 3. The van der Waals surface area contributed by atoms with Gasteiger partial charge < -0.3 is 90.6 Å². The number of aliphatic imine (C=N–C) groups is 1. The van der Waals surface area contributed by atoms with Crippen molar-refractivity contribution in [3.8, 4) is 17.2 Å². The van der Waals surface area contributed by atoms with Crippen LogP contribution in [-0.4, -0.2) is 177 Å². The van der Waals surface area contributed by atoms with Crippen molar-refractivity contribution in [3.05, 3.63) is 89.5 Å². The molecule has 0 saturated heterocycles. The summed E-state index contributed by atoms with van der Waals surface area (Å²) in [5, 5.41) is 71.4. The predicted molar refractivity (Wildman–Crippen MR) is 315 cm³/mol. The standard InChI is InChI=1S/C56H79N13O16S/c1-29(2)46(68-48(77)37(57)7-6-21-60-56(58)59)54(83)62-28-44(74)64-40(24-32-10-16-35(71)17-11-32)51(80)66-41(25-33-12-18-36(72)19-13-33)52(81)65-39(23-31-8-14-34(70)15-9-31)49(78)61-27-43(73)63-38(20-22-86-5)50(79)67-42(26-45(75)76)53(82)69-47(30(3)4)55(84)85/h8-19,29-30,37-42,46-47,70-72H,6-7,20-28,57H2,1-5H3,(H,61,78)(H,62,83)(H,63,73)(H,64,74)(H,65,81)(H,66,80)(H,67,79)(H,68,77)(H,69,82)(H,75,76)(H,84,85)(H4,58,59,60)/t37-,38-,39-,40-,41-,42-,46-,47-/m0/s1. The molecule has 0 fully saturated rings. The minimum Gasteiger partial charge on any atom is -0.508 e. The first-order chi connectivity index (χ1) is 40.6. The molecule has 3 rings (SSSR count). The van der Waals surface area contributed by atoms with Crippen molar-refractivity contribution in [2.24, 2.45) is 34.0 Å². The molecule has 470 valence electrons. The second kappa shape index (κ2) is 35.8. The van der Waals surface area contributed by atoms with E-state index in [9.17, 15) is 78.3 Å². The lowest BCUT2D eigenvalue weighted by molar-refractivity contribution is -0.144. The van der Waals surface area contributed by atoms with Crippen molar-refractivity contribution in [1.29, 1.82) is 0 Å². The molecular formula is C56H79N13O16S. The zero-order valence-electron chi connectivity index (χ0n) is 48.3. The van der Waals surface area contributed by atoms with Gasteiger partial charge in [0.25, 0.3) is 0 Å². The third-order valence-corrected chi connectivity index (χ3v) is 13.6. The Bertz CT molecular complexity index is 2840. The number of phenols is 3. The lowest BCUT2D eigenvalue weighted by atomic mass is 10.0. The van der Waals surface area contributed by atoms with Gasteiger partial charge in [0.1, 0.15) is 59.5 Å². The minimum atomic E-state index is -1.76. The van der Waals surface area contributed by atoms with E-state index in [0.29, 0.717) is 23.1 Å². The molecule has 86 heavy (non-hydrogen) atoms. The highest BCUT2D eigenvalue weighted by molar-refractivity contribution is 7.98. The van der Waals surface area contributed by atoms with Crippen LogP contribution in [0.25, 0.3) is 0 Å². The van der Waals surface area contributed by atoms with Gasteiger partial charge in [0.2, 0.25) is 53.2 Å². The Morgan fingerprint density at radius 3 is 1.29 bits per heavy atom. The maximum absolute atomic E-state index is 14.6. The number of nitrogens with one attached hydrogen (secondary N) is 9. The summed E-state index contributed by atoms with van der Waals surface area (Å²) in [5.41, 5.74) is 18.0. The number of aromatic hydroxyl groups is 3. The fraction of sp³-hybridized carbons (Fsp3) is 0.464. The van der Waals surface area contributed by atoms with Gasteiger partial charge in [-0.15, -0.1) is 0 Å². The quantitative estimate of drug-likeness (QED) is 0.0162. The largest absolute Gasteiger partial charge is 0.508 e. The summed E-state index contributed by atoms with van der Waals surface area (Å²) in [6.45, 7) is 5.03. The van der Waals surface area contributed by atoms with Crippen molar-refractivity contribution in [2.45, 2.75) is 121 Å². The summed E-state index contributed by atoms with van der Waals surface area (Å²) in [6.07, 6.45) is 0.475. The number of guanidine groups is 1. The molecule has 0 spiro atoms. The Kier molecular flexibility index (Phi) is 29.6. The number of benzene rings is 3. The Hall–Kier alpha value is -9.19. The Labute approximate surface area is 500 Å². The molecule has 0 aromatic heterocycles. The summed E-state index contributed by atoms with van der Waals surface area (Å²) in [5.74, 6) is -12.4. The summed E-state index contributed by atoms with van der Waals surface area (Å²) in [7, 11) is 0. The Morgan fingerprint density at radius 1 is 0.488 bits per heavy atom. The van der Waals surface area contributed by atoms with Crippen LogP contribution in [0, 0.1) is 11.8 Å². The molecule has 0 saturated carbocycles. The number of aliphatic carboxylic acids is 2. The third-order valence-electron chi connectivity index (χ3n) is 12.9. The van der Waals surface area contributed by atoms with Crippen molar-refractivity contribution >= 4 is 82.8 Å². The summed E-state index contributed by atoms with van der Waals surface area (Å²) < 4.78 is 0. The molecule has 30 heteroatoms. The number of carbonyl (C=O) groups excluding carboxylic acids is 9. The third kappa shape index (κ3) is 25.7. The molecule has 0 heterocycles. The molecule has 0 aliphatic heterocycles. The monoisotopic (exact) mass is 1220 g/mol. The van der Waals surface area contributed by atoms with E-state index in [-0.39, 0.29) is 67.6 Å². The predicted octanol–water partition coefficient (Wildman–Crippen LogP) is -2.54. The first-order valence-corrected chi connectivity index (χ1v) is 28.7. The van der Waals surface area contributed by atoms with Crippen LogP contribution < -0.4 is 65.1 Å². The van der Waals surface area contributed by atoms with Gasteiger partial charge in [-0.25, -0.2) is 4.79 Å². The summed E-state index contributed by atoms with van der Waals surface area (Å²) in [6, 6.07) is 5.42. The number of amides is 9. The number of carbonyl (C=O) groups is 11. The van der Waals surface area contributed by atoms with Crippen LogP contribution in [0.15, 0.2) is 77.8 Å². The first-order valence-electron chi connectivity index (χ1n) is 27.3. The Morgan fingerprint density at radius 2 is 0.872 bits per heavy atom. The van der Waals surface area contributed by atoms with Crippen LogP contribution in [0.2, 0.25) is 0 Å². The molecule has 3 aromatic carbocycles. The van der Waals surface area contributed by atoms with Gasteiger partial charge in [-0.1, -0.05) is 64.1 Å². The Balaban J connectivity index is 1.90. The van der Waals surface area contributed by atoms with Gasteiger partial charge in [-0.05, 0) is 96.2 Å². The molecule has 0 bridgehead atoms. The zero-order chi connectivity index (χ0) is 64.2. The number of nitrogens with zero attached hydrogens (tertiary/aromatic N) is 1.